The highest BCUT2D eigenvalue weighted by atomic mass is 16.6. The Kier molecular flexibility index (Phi) is 8.98. The summed E-state index contributed by atoms with van der Waals surface area (Å²) in [5.74, 6) is -1.09. The number of amides is 3. The maximum atomic E-state index is 13.3. The number of furan rings is 1. The summed E-state index contributed by atoms with van der Waals surface area (Å²) in [6, 6.07) is 16.5. The maximum absolute atomic E-state index is 13.3. The number of rotatable bonds is 8. The summed E-state index contributed by atoms with van der Waals surface area (Å²) in [4.78, 5) is 52.0. The smallest absolute Gasteiger partial charge is 0.425 e. The molecule has 1 saturated heterocycles. The van der Waals surface area contributed by atoms with Crippen molar-refractivity contribution in [2.24, 2.45) is 5.92 Å². The molecule has 10 nitrogen and oxygen atoms in total. The van der Waals surface area contributed by atoms with E-state index in [9.17, 15) is 19.2 Å². The minimum Gasteiger partial charge on any atom is -0.451 e. The molecule has 39 heavy (non-hydrogen) atoms. The number of nitrogens with zero attached hydrogens (tertiary/aromatic N) is 2. The van der Waals surface area contributed by atoms with Gasteiger partial charge in [-0.2, -0.15) is 0 Å². The third-order valence-corrected chi connectivity index (χ3v) is 6.56. The van der Waals surface area contributed by atoms with Crippen molar-refractivity contribution < 1.29 is 28.3 Å². The van der Waals surface area contributed by atoms with Gasteiger partial charge in [0.1, 0.15) is 24.8 Å². The molecule has 4 rings (SSSR count). The Hall–Kier alpha value is -4.18. The molecule has 10 heteroatoms. The van der Waals surface area contributed by atoms with Crippen LogP contribution in [-0.4, -0.2) is 65.9 Å². The number of carbonyl (C=O) groups is 4. The van der Waals surface area contributed by atoms with Gasteiger partial charge in [0.25, 0.3) is 5.91 Å². The zero-order chi connectivity index (χ0) is 27.9. The van der Waals surface area contributed by atoms with Crippen LogP contribution in [0.25, 0.3) is 11.0 Å². The molecule has 0 spiro atoms. The van der Waals surface area contributed by atoms with E-state index in [1.54, 1.807) is 24.2 Å². The van der Waals surface area contributed by atoms with Gasteiger partial charge in [-0.05, 0) is 36.5 Å². The molecule has 0 saturated carbocycles. The number of carbonyl (C=O) groups excluding carboxylic acids is 4. The van der Waals surface area contributed by atoms with Crippen LogP contribution in [0.5, 0.6) is 0 Å². The molecule has 0 bridgehead atoms. The molecule has 3 aromatic rings. The molecule has 2 aromatic carbocycles. The lowest BCUT2D eigenvalue weighted by Gasteiger charge is -2.28. The predicted octanol–water partition coefficient (Wildman–Crippen LogP) is 3.52. The van der Waals surface area contributed by atoms with Gasteiger partial charge in [-0.15, -0.1) is 0 Å². The van der Waals surface area contributed by atoms with Crippen molar-refractivity contribution in [2.45, 2.75) is 45.4 Å². The normalized spacial score (nSPS) is 17.1. The first-order valence-corrected chi connectivity index (χ1v) is 13.0. The number of benzene rings is 2. The molecule has 2 N–H and O–H groups in total. The summed E-state index contributed by atoms with van der Waals surface area (Å²) in [6.07, 6.45) is 0.0314. The standard InChI is InChI=1S/C29H34N4O6/c1-19(2)15-23(31-28(36)26-16-21-11-7-8-12-25(21)39-26)27(35)30-22-13-14-32(3)33(17-24(22)34)29(37)38-18-20-9-5-4-6-10-20/h4-12,16,19,22-23H,13-15,17-18H2,1-3H3,(H,30,35)(H,31,36). The van der Waals surface area contributed by atoms with Gasteiger partial charge in [-0.3, -0.25) is 14.4 Å². The Bertz CT molecular complexity index is 1290. The van der Waals surface area contributed by atoms with E-state index in [4.69, 9.17) is 9.15 Å². The average molecular weight is 535 g/mol. The fraction of sp³-hybridized carbons (Fsp3) is 0.379. The van der Waals surface area contributed by atoms with E-state index in [-0.39, 0.29) is 30.6 Å². The number of hydrogen-bond donors (Lipinski definition) is 2. The van der Waals surface area contributed by atoms with E-state index in [1.807, 2.05) is 62.4 Å². The lowest BCUT2D eigenvalue weighted by Crippen LogP contribution is -2.53. The number of para-hydroxylation sites is 1. The monoisotopic (exact) mass is 534 g/mol. The second-order valence-electron chi connectivity index (χ2n) is 10.1. The van der Waals surface area contributed by atoms with E-state index < -0.39 is 30.0 Å². The Labute approximate surface area is 227 Å². The van der Waals surface area contributed by atoms with Crippen LogP contribution in [0.1, 0.15) is 42.8 Å². The van der Waals surface area contributed by atoms with Crippen LogP contribution >= 0.6 is 0 Å². The molecular formula is C29H34N4O6. The van der Waals surface area contributed by atoms with Crippen LogP contribution < -0.4 is 10.6 Å². The fourth-order valence-electron chi connectivity index (χ4n) is 4.42. The Morgan fingerprint density at radius 3 is 2.51 bits per heavy atom. The molecule has 1 fully saturated rings. The first kappa shape index (κ1) is 27.8. The van der Waals surface area contributed by atoms with E-state index in [2.05, 4.69) is 10.6 Å². The number of Topliss-reactive ketones (excluding diaryl/α,β-unsaturated/α-hetero) is 1. The van der Waals surface area contributed by atoms with Gasteiger partial charge in [-0.1, -0.05) is 62.4 Å². The summed E-state index contributed by atoms with van der Waals surface area (Å²) in [7, 11) is 1.69. The van der Waals surface area contributed by atoms with Crippen molar-refractivity contribution in [3.63, 3.8) is 0 Å². The molecule has 1 aliphatic heterocycles. The van der Waals surface area contributed by atoms with Crippen molar-refractivity contribution in [2.75, 3.05) is 20.1 Å². The first-order chi connectivity index (χ1) is 18.7. The molecule has 206 valence electrons. The third kappa shape index (κ3) is 7.23. The summed E-state index contributed by atoms with van der Waals surface area (Å²) >= 11 is 0. The quantitative estimate of drug-likeness (QED) is 0.454. The first-order valence-electron chi connectivity index (χ1n) is 13.0. The van der Waals surface area contributed by atoms with E-state index in [0.717, 1.165) is 10.9 Å². The predicted molar refractivity (Wildman–Crippen MR) is 144 cm³/mol. The minimum atomic E-state index is -0.869. The van der Waals surface area contributed by atoms with Gasteiger partial charge >= 0.3 is 6.09 Å². The van der Waals surface area contributed by atoms with Gasteiger partial charge in [0.15, 0.2) is 11.5 Å². The number of fused-ring (bicyclic) bond motifs is 1. The fourth-order valence-corrected chi connectivity index (χ4v) is 4.42. The molecule has 2 heterocycles. The van der Waals surface area contributed by atoms with Gasteiger partial charge in [-0.25, -0.2) is 14.8 Å². The lowest BCUT2D eigenvalue weighted by atomic mass is 10.0. The average Bonchev–Trinajstić information content (AvgIpc) is 3.31. The van der Waals surface area contributed by atoms with Gasteiger partial charge in [0.2, 0.25) is 5.91 Å². The highest BCUT2D eigenvalue weighted by Gasteiger charge is 2.34. The second kappa shape index (κ2) is 12.6. The number of nitrogens with one attached hydrogen (secondary N) is 2. The molecule has 0 aliphatic carbocycles. The summed E-state index contributed by atoms with van der Waals surface area (Å²) < 4.78 is 11.0. The van der Waals surface area contributed by atoms with Gasteiger partial charge in [0, 0.05) is 19.0 Å². The molecule has 2 atom stereocenters. The van der Waals surface area contributed by atoms with E-state index in [1.165, 1.54) is 5.01 Å². The zero-order valence-electron chi connectivity index (χ0n) is 22.4. The van der Waals surface area contributed by atoms with E-state index in [0.29, 0.717) is 25.0 Å². The molecule has 0 radical (unpaired) electrons. The lowest BCUT2D eigenvalue weighted by molar-refractivity contribution is -0.129. The SMILES string of the molecule is CC(C)CC(NC(=O)c1cc2ccccc2o1)C(=O)NC1CCN(C)N(C(=O)OCc2ccccc2)CC1=O. The Morgan fingerprint density at radius 1 is 1.08 bits per heavy atom. The number of ether oxygens (including phenoxy) is 1. The molecule has 2 unspecified atom stereocenters. The number of ketones is 1. The van der Waals surface area contributed by atoms with Crippen LogP contribution in [0.4, 0.5) is 4.79 Å². The van der Waals surface area contributed by atoms with Crippen LogP contribution in [0.15, 0.2) is 65.1 Å². The molecular weight excluding hydrogens is 500 g/mol. The highest BCUT2D eigenvalue weighted by molar-refractivity contribution is 5.99. The van der Waals surface area contributed by atoms with Crippen molar-refractivity contribution in [1.82, 2.24) is 20.7 Å². The molecule has 3 amide bonds. The Morgan fingerprint density at radius 2 is 1.79 bits per heavy atom. The minimum absolute atomic E-state index is 0.0835. The van der Waals surface area contributed by atoms with Crippen molar-refractivity contribution in [3.05, 3.63) is 72.0 Å². The summed E-state index contributed by atoms with van der Waals surface area (Å²) in [5.41, 5.74) is 1.41. The third-order valence-electron chi connectivity index (χ3n) is 6.56. The second-order valence-corrected chi connectivity index (χ2v) is 10.1. The maximum Gasteiger partial charge on any atom is 0.425 e. The number of hydrogen-bond acceptors (Lipinski definition) is 7. The van der Waals surface area contributed by atoms with Crippen molar-refractivity contribution >= 4 is 34.7 Å². The largest absolute Gasteiger partial charge is 0.451 e. The van der Waals surface area contributed by atoms with Crippen LogP contribution in [-0.2, 0) is 20.9 Å². The van der Waals surface area contributed by atoms with Crippen molar-refractivity contribution in [1.29, 1.82) is 0 Å². The summed E-state index contributed by atoms with van der Waals surface area (Å²) in [6.45, 7) is 4.07. The number of hydrazine groups is 1. The summed E-state index contributed by atoms with van der Waals surface area (Å²) in [5, 5.41) is 9.20. The highest BCUT2D eigenvalue weighted by Crippen LogP contribution is 2.19. The van der Waals surface area contributed by atoms with E-state index >= 15 is 0 Å². The zero-order valence-corrected chi connectivity index (χ0v) is 22.4. The van der Waals surface area contributed by atoms with Crippen LogP contribution in [0.2, 0.25) is 0 Å². The Balaban J connectivity index is 1.38. The topological polar surface area (TPSA) is 121 Å². The van der Waals surface area contributed by atoms with Crippen LogP contribution in [0.3, 0.4) is 0 Å². The van der Waals surface area contributed by atoms with Crippen LogP contribution in [0, 0.1) is 5.92 Å². The molecule has 1 aliphatic rings. The van der Waals surface area contributed by atoms with Crippen molar-refractivity contribution in [3.8, 4) is 0 Å². The van der Waals surface area contributed by atoms with Gasteiger partial charge < -0.3 is 19.8 Å². The van der Waals surface area contributed by atoms with Gasteiger partial charge in [0.05, 0.1) is 6.04 Å². The molecule has 1 aromatic heterocycles.